The maximum Gasteiger partial charge on any atom is 0.275 e. The van der Waals surface area contributed by atoms with Crippen molar-refractivity contribution in [3.8, 4) is 0 Å². The van der Waals surface area contributed by atoms with Crippen LogP contribution in [0.3, 0.4) is 0 Å². The fraction of sp³-hybridized carbons (Fsp3) is 0.350. The number of likely N-dealkylation sites (tertiary alicyclic amines) is 1. The fourth-order valence-electron chi connectivity index (χ4n) is 3.79. The summed E-state index contributed by atoms with van der Waals surface area (Å²) in [6.45, 7) is 3.52. The number of oxazole rings is 1. The second kappa shape index (κ2) is 8.43. The molecule has 6 nitrogen and oxygen atoms in total. The van der Waals surface area contributed by atoms with Gasteiger partial charge in [-0.1, -0.05) is 30.3 Å². The molecule has 0 spiro atoms. The molecular formula is C20H23ClN4O2S. The van der Waals surface area contributed by atoms with Crippen LogP contribution in [0, 0.1) is 6.92 Å². The van der Waals surface area contributed by atoms with Crippen LogP contribution in [0.25, 0.3) is 0 Å². The maximum absolute atomic E-state index is 12.8. The molecule has 3 heterocycles. The molecule has 8 heteroatoms. The first-order valence-corrected chi connectivity index (χ1v) is 9.92. The number of carbonyl (C=O) groups excluding carboxylic acids is 1. The standard InChI is InChI=1S/C20H22N4O2S.ClH/c1-14-22-17(13-27-14)20(15-5-3-2-4-6-15)7-9-24(10-8-20)19(25)16-12-26-18(11-21)23-16;/h2-6,12-13H,7-11,21H2,1H3;1H. The molecule has 1 saturated heterocycles. The smallest absolute Gasteiger partial charge is 0.275 e. The van der Waals surface area contributed by atoms with E-state index >= 15 is 0 Å². The summed E-state index contributed by atoms with van der Waals surface area (Å²) in [4.78, 5) is 23.6. The van der Waals surface area contributed by atoms with Crippen molar-refractivity contribution >= 4 is 29.7 Å². The first-order chi connectivity index (χ1) is 13.1. The van der Waals surface area contributed by atoms with Gasteiger partial charge in [0, 0.05) is 23.9 Å². The Morgan fingerprint density at radius 2 is 1.96 bits per heavy atom. The van der Waals surface area contributed by atoms with E-state index in [0.29, 0.717) is 24.7 Å². The Labute approximate surface area is 174 Å². The number of thiazole rings is 1. The largest absolute Gasteiger partial charge is 0.447 e. The Kier molecular flexibility index (Phi) is 6.17. The highest BCUT2D eigenvalue weighted by atomic mass is 35.5. The Bertz CT molecular complexity index is 933. The summed E-state index contributed by atoms with van der Waals surface area (Å²) in [6.07, 6.45) is 3.05. The molecule has 2 aromatic heterocycles. The molecule has 1 aromatic carbocycles. The monoisotopic (exact) mass is 418 g/mol. The van der Waals surface area contributed by atoms with Crippen molar-refractivity contribution in [2.75, 3.05) is 13.1 Å². The van der Waals surface area contributed by atoms with E-state index in [4.69, 9.17) is 15.1 Å². The van der Waals surface area contributed by atoms with Gasteiger partial charge in [0.05, 0.1) is 17.2 Å². The van der Waals surface area contributed by atoms with Crippen molar-refractivity contribution < 1.29 is 9.21 Å². The van der Waals surface area contributed by atoms with Crippen LogP contribution in [-0.2, 0) is 12.0 Å². The molecule has 0 saturated carbocycles. The number of halogens is 1. The third-order valence-electron chi connectivity index (χ3n) is 5.29. The zero-order chi connectivity index (χ0) is 18.9. The first-order valence-electron chi connectivity index (χ1n) is 9.04. The number of benzene rings is 1. The third-order valence-corrected chi connectivity index (χ3v) is 6.06. The van der Waals surface area contributed by atoms with E-state index in [1.54, 1.807) is 11.3 Å². The molecule has 1 aliphatic rings. The van der Waals surface area contributed by atoms with Gasteiger partial charge in [-0.2, -0.15) is 0 Å². The normalized spacial score (nSPS) is 15.9. The average Bonchev–Trinajstić information content (AvgIpc) is 3.37. The molecule has 2 N–H and O–H groups in total. The van der Waals surface area contributed by atoms with Crippen molar-refractivity contribution in [3.63, 3.8) is 0 Å². The second-order valence-electron chi connectivity index (χ2n) is 6.82. The van der Waals surface area contributed by atoms with Crippen LogP contribution in [0.15, 0.2) is 46.4 Å². The van der Waals surface area contributed by atoms with E-state index in [-0.39, 0.29) is 30.3 Å². The summed E-state index contributed by atoms with van der Waals surface area (Å²) in [5.74, 6) is 0.279. The minimum atomic E-state index is -0.158. The summed E-state index contributed by atoms with van der Waals surface area (Å²) >= 11 is 1.67. The maximum atomic E-state index is 12.8. The SMILES string of the molecule is Cc1nc(C2(c3ccccc3)CCN(C(=O)c3coc(CN)n3)CC2)cs1.Cl. The van der Waals surface area contributed by atoms with Gasteiger partial charge in [-0.05, 0) is 25.3 Å². The molecule has 0 atom stereocenters. The Morgan fingerprint density at radius 1 is 1.25 bits per heavy atom. The summed E-state index contributed by atoms with van der Waals surface area (Å²) in [5.41, 5.74) is 8.05. The number of piperidine rings is 1. The Morgan fingerprint density at radius 3 is 2.54 bits per heavy atom. The van der Waals surface area contributed by atoms with Gasteiger partial charge in [-0.15, -0.1) is 23.7 Å². The molecule has 28 heavy (non-hydrogen) atoms. The van der Waals surface area contributed by atoms with Crippen LogP contribution in [-0.4, -0.2) is 33.9 Å². The lowest BCUT2D eigenvalue weighted by atomic mass is 9.70. The van der Waals surface area contributed by atoms with E-state index in [1.807, 2.05) is 17.9 Å². The van der Waals surface area contributed by atoms with E-state index in [2.05, 4.69) is 34.6 Å². The Hall–Kier alpha value is -2.22. The molecule has 1 fully saturated rings. The van der Waals surface area contributed by atoms with E-state index in [0.717, 1.165) is 23.5 Å². The topological polar surface area (TPSA) is 85.2 Å². The third kappa shape index (κ3) is 3.70. The molecule has 1 aliphatic heterocycles. The predicted octanol–water partition coefficient (Wildman–Crippen LogP) is 3.54. The van der Waals surface area contributed by atoms with E-state index in [9.17, 15) is 4.79 Å². The van der Waals surface area contributed by atoms with Crippen LogP contribution < -0.4 is 5.73 Å². The number of rotatable bonds is 4. The van der Waals surface area contributed by atoms with Gasteiger partial charge in [0.2, 0.25) is 5.89 Å². The van der Waals surface area contributed by atoms with Gasteiger partial charge < -0.3 is 15.1 Å². The van der Waals surface area contributed by atoms with Gasteiger partial charge in [-0.3, -0.25) is 4.79 Å². The Balaban J connectivity index is 0.00000225. The number of hydrogen-bond acceptors (Lipinski definition) is 6. The fourth-order valence-corrected chi connectivity index (χ4v) is 4.50. The number of nitrogens with zero attached hydrogens (tertiary/aromatic N) is 3. The quantitative estimate of drug-likeness (QED) is 0.700. The van der Waals surface area contributed by atoms with Gasteiger partial charge >= 0.3 is 0 Å². The number of hydrogen-bond donors (Lipinski definition) is 1. The molecule has 0 radical (unpaired) electrons. The summed E-state index contributed by atoms with van der Waals surface area (Å²) in [5, 5.41) is 3.22. The van der Waals surface area contributed by atoms with Crippen molar-refractivity contribution in [2.45, 2.75) is 31.7 Å². The number of amides is 1. The van der Waals surface area contributed by atoms with Crippen LogP contribution in [0.2, 0.25) is 0 Å². The van der Waals surface area contributed by atoms with Crippen molar-refractivity contribution in [2.24, 2.45) is 5.73 Å². The van der Waals surface area contributed by atoms with Crippen LogP contribution in [0.5, 0.6) is 0 Å². The minimum Gasteiger partial charge on any atom is -0.447 e. The summed E-state index contributed by atoms with van der Waals surface area (Å²) in [6, 6.07) is 10.5. The molecule has 0 bridgehead atoms. The molecule has 3 aromatic rings. The van der Waals surface area contributed by atoms with Gasteiger partial charge in [0.1, 0.15) is 6.26 Å². The van der Waals surface area contributed by atoms with E-state index < -0.39 is 0 Å². The molecule has 1 amide bonds. The second-order valence-corrected chi connectivity index (χ2v) is 7.88. The number of carbonyl (C=O) groups is 1. The highest BCUT2D eigenvalue weighted by Crippen LogP contribution is 2.42. The minimum absolute atomic E-state index is 0. The van der Waals surface area contributed by atoms with Crippen molar-refractivity contribution in [1.82, 2.24) is 14.9 Å². The molecule has 4 rings (SSSR count). The highest BCUT2D eigenvalue weighted by molar-refractivity contribution is 7.09. The predicted molar refractivity (Wildman–Crippen MR) is 111 cm³/mol. The van der Waals surface area contributed by atoms with Gasteiger partial charge in [0.25, 0.3) is 5.91 Å². The highest BCUT2D eigenvalue weighted by Gasteiger charge is 2.41. The summed E-state index contributed by atoms with van der Waals surface area (Å²) < 4.78 is 5.22. The molecular weight excluding hydrogens is 396 g/mol. The van der Waals surface area contributed by atoms with Crippen molar-refractivity contribution in [1.29, 1.82) is 0 Å². The molecule has 0 aliphatic carbocycles. The van der Waals surface area contributed by atoms with Crippen molar-refractivity contribution in [3.05, 3.63) is 69.8 Å². The zero-order valence-corrected chi connectivity index (χ0v) is 17.3. The lowest BCUT2D eigenvalue weighted by Gasteiger charge is -2.41. The molecule has 148 valence electrons. The zero-order valence-electron chi connectivity index (χ0n) is 15.6. The number of aryl methyl sites for hydroxylation is 1. The van der Waals surface area contributed by atoms with E-state index in [1.165, 1.54) is 11.8 Å². The van der Waals surface area contributed by atoms with Crippen LogP contribution in [0.4, 0.5) is 0 Å². The first kappa shape index (κ1) is 20.5. The molecule has 0 unspecified atom stereocenters. The van der Waals surface area contributed by atoms with Gasteiger partial charge in [0.15, 0.2) is 5.69 Å². The van der Waals surface area contributed by atoms with Gasteiger partial charge in [-0.25, -0.2) is 9.97 Å². The lowest BCUT2D eigenvalue weighted by molar-refractivity contribution is 0.0678. The van der Waals surface area contributed by atoms with Crippen LogP contribution in [0.1, 0.15) is 45.5 Å². The number of nitrogens with two attached hydrogens (primary N) is 1. The average molecular weight is 419 g/mol. The number of aromatic nitrogens is 2. The van der Waals surface area contributed by atoms with Crippen LogP contribution >= 0.6 is 23.7 Å². The summed E-state index contributed by atoms with van der Waals surface area (Å²) in [7, 11) is 0. The lowest BCUT2D eigenvalue weighted by Crippen LogP contribution is -2.46.